The number of rotatable bonds is 4. The predicted octanol–water partition coefficient (Wildman–Crippen LogP) is 3.68. The van der Waals surface area contributed by atoms with Crippen molar-refractivity contribution in [2.75, 3.05) is 13.2 Å². The zero-order chi connectivity index (χ0) is 15.4. The Morgan fingerprint density at radius 1 is 1.14 bits per heavy atom. The van der Waals surface area contributed by atoms with Crippen molar-refractivity contribution in [3.63, 3.8) is 0 Å². The van der Waals surface area contributed by atoms with E-state index < -0.39 is 0 Å². The fourth-order valence-electron chi connectivity index (χ4n) is 2.99. The molecule has 3 heteroatoms. The first-order chi connectivity index (χ1) is 10.8. The van der Waals surface area contributed by atoms with Crippen molar-refractivity contribution in [3.8, 4) is 0 Å². The maximum Gasteiger partial charge on any atom is 0.247 e. The van der Waals surface area contributed by atoms with E-state index in [1.165, 1.54) is 21.8 Å². The maximum atomic E-state index is 12.5. The van der Waals surface area contributed by atoms with Crippen molar-refractivity contribution in [1.29, 1.82) is 0 Å². The number of amides is 1. The minimum Gasteiger partial charge on any atom is -0.273 e. The van der Waals surface area contributed by atoms with Crippen LogP contribution in [0.3, 0.4) is 0 Å². The van der Waals surface area contributed by atoms with Gasteiger partial charge >= 0.3 is 0 Å². The molecular weight excluding hydrogens is 274 g/mol. The number of nitrogens with zero attached hydrogens (tertiary/aromatic N) is 1. The highest BCUT2D eigenvalue weighted by atomic mass is 16.7. The van der Waals surface area contributed by atoms with Gasteiger partial charge in [-0.15, -0.1) is 0 Å². The van der Waals surface area contributed by atoms with Gasteiger partial charge in [-0.1, -0.05) is 54.6 Å². The Bertz CT molecular complexity index is 633. The normalized spacial score (nSPS) is 15.8. The van der Waals surface area contributed by atoms with Crippen LogP contribution < -0.4 is 0 Å². The second kappa shape index (κ2) is 6.75. The lowest BCUT2D eigenvalue weighted by Gasteiger charge is -2.22. The Kier molecular flexibility index (Phi) is 4.54. The highest BCUT2D eigenvalue weighted by molar-refractivity contribution is 5.77. The molecule has 0 radical (unpaired) electrons. The van der Waals surface area contributed by atoms with E-state index >= 15 is 0 Å². The second-order valence-electron chi connectivity index (χ2n) is 5.71. The zero-order valence-electron chi connectivity index (χ0n) is 12.9. The average molecular weight is 295 g/mol. The van der Waals surface area contributed by atoms with Crippen molar-refractivity contribution in [2.45, 2.75) is 25.7 Å². The summed E-state index contributed by atoms with van der Waals surface area (Å²) in [5, 5.41) is 1.52. The molecule has 0 aliphatic carbocycles. The minimum atomic E-state index is 0.0645. The van der Waals surface area contributed by atoms with Crippen LogP contribution in [-0.4, -0.2) is 24.1 Å². The van der Waals surface area contributed by atoms with Crippen molar-refractivity contribution in [3.05, 3.63) is 71.3 Å². The molecule has 1 unspecified atom stereocenters. The third-order valence-corrected chi connectivity index (χ3v) is 4.18. The lowest BCUT2D eigenvalue weighted by molar-refractivity contribution is -0.168. The predicted molar refractivity (Wildman–Crippen MR) is 86.4 cm³/mol. The van der Waals surface area contributed by atoms with E-state index in [9.17, 15) is 4.79 Å². The molecule has 0 spiro atoms. The van der Waals surface area contributed by atoms with Crippen LogP contribution in [0.4, 0.5) is 0 Å². The van der Waals surface area contributed by atoms with Crippen molar-refractivity contribution in [1.82, 2.24) is 5.06 Å². The largest absolute Gasteiger partial charge is 0.273 e. The lowest BCUT2D eigenvalue weighted by atomic mass is 9.86. The number of hydrogen-bond acceptors (Lipinski definition) is 2. The minimum absolute atomic E-state index is 0.0645. The third-order valence-electron chi connectivity index (χ3n) is 4.18. The molecule has 3 rings (SSSR count). The molecule has 0 aromatic heterocycles. The molecule has 1 aliphatic heterocycles. The summed E-state index contributed by atoms with van der Waals surface area (Å²) < 4.78 is 0. The lowest BCUT2D eigenvalue weighted by Crippen LogP contribution is -2.28. The molecule has 2 aromatic rings. The molecule has 1 fully saturated rings. The topological polar surface area (TPSA) is 29.5 Å². The van der Waals surface area contributed by atoms with Gasteiger partial charge in [0, 0.05) is 12.3 Å². The monoisotopic (exact) mass is 295 g/mol. The fraction of sp³-hybridized carbons (Fsp3) is 0.316. The van der Waals surface area contributed by atoms with Gasteiger partial charge < -0.3 is 0 Å². The maximum absolute atomic E-state index is 12.5. The molecule has 0 saturated carbocycles. The second-order valence-corrected chi connectivity index (χ2v) is 5.71. The van der Waals surface area contributed by atoms with Gasteiger partial charge in [0.2, 0.25) is 5.91 Å². The Morgan fingerprint density at radius 2 is 1.86 bits per heavy atom. The van der Waals surface area contributed by atoms with Crippen LogP contribution in [0.2, 0.25) is 0 Å². The molecule has 1 amide bonds. The number of aryl methyl sites for hydroxylation is 1. The third kappa shape index (κ3) is 3.20. The number of carbonyl (C=O) groups is 1. The van der Waals surface area contributed by atoms with Gasteiger partial charge in [-0.05, 0) is 30.0 Å². The number of hydrogen-bond donors (Lipinski definition) is 0. The van der Waals surface area contributed by atoms with Crippen molar-refractivity contribution < 1.29 is 9.63 Å². The first kappa shape index (κ1) is 14.8. The SMILES string of the molecule is Cc1ccccc1C(CC(=O)N1CCCO1)c1ccccc1. The van der Waals surface area contributed by atoms with E-state index in [2.05, 4.69) is 31.2 Å². The molecule has 2 aromatic carbocycles. The van der Waals surface area contributed by atoms with Crippen LogP contribution >= 0.6 is 0 Å². The summed E-state index contributed by atoms with van der Waals surface area (Å²) in [5.74, 6) is 0.133. The van der Waals surface area contributed by atoms with Gasteiger partial charge in [-0.3, -0.25) is 9.63 Å². The fourth-order valence-corrected chi connectivity index (χ4v) is 2.99. The number of benzene rings is 2. The van der Waals surface area contributed by atoms with Gasteiger partial charge in [-0.2, -0.15) is 0 Å². The Hall–Kier alpha value is -2.13. The van der Waals surface area contributed by atoms with E-state index in [-0.39, 0.29) is 11.8 Å². The Morgan fingerprint density at radius 3 is 2.55 bits per heavy atom. The molecule has 3 nitrogen and oxygen atoms in total. The van der Waals surface area contributed by atoms with E-state index in [1.54, 1.807) is 0 Å². The molecule has 1 saturated heterocycles. The molecule has 1 aliphatic rings. The van der Waals surface area contributed by atoms with E-state index in [1.807, 2.05) is 30.3 Å². The van der Waals surface area contributed by atoms with Crippen molar-refractivity contribution in [2.24, 2.45) is 0 Å². The Labute approximate surface area is 131 Å². The highest BCUT2D eigenvalue weighted by Gasteiger charge is 2.25. The van der Waals surface area contributed by atoms with Crippen LogP contribution in [0.25, 0.3) is 0 Å². The van der Waals surface area contributed by atoms with E-state index in [0.29, 0.717) is 19.6 Å². The molecule has 0 bridgehead atoms. The summed E-state index contributed by atoms with van der Waals surface area (Å²) in [6.07, 6.45) is 1.36. The quantitative estimate of drug-likeness (QED) is 0.861. The van der Waals surface area contributed by atoms with Crippen LogP contribution in [0.1, 0.15) is 35.4 Å². The molecule has 22 heavy (non-hydrogen) atoms. The van der Waals surface area contributed by atoms with Gasteiger partial charge in [0.1, 0.15) is 0 Å². The van der Waals surface area contributed by atoms with Gasteiger partial charge in [-0.25, -0.2) is 5.06 Å². The summed E-state index contributed by atoms with van der Waals surface area (Å²) in [6.45, 7) is 3.45. The average Bonchev–Trinajstić information content (AvgIpc) is 3.09. The van der Waals surface area contributed by atoms with E-state index in [0.717, 1.165) is 6.42 Å². The first-order valence-electron chi connectivity index (χ1n) is 7.79. The van der Waals surface area contributed by atoms with Gasteiger partial charge in [0.05, 0.1) is 13.2 Å². The summed E-state index contributed by atoms with van der Waals surface area (Å²) in [4.78, 5) is 17.9. The Balaban J connectivity index is 1.90. The smallest absolute Gasteiger partial charge is 0.247 e. The van der Waals surface area contributed by atoms with Crippen LogP contribution in [0.15, 0.2) is 54.6 Å². The number of hydroxylamine groups is 2. The molecule has 114 valence electrons. The van der Waals surface area contributed by atoms with Crippen LogP contribution in [-0.2, 0) is 9.63 Å². The molecular formula is C19H21NO2. The highest BCUT2D eigenvalue weighted by Crippen LogP contribution is 2.31. The van der Waals surface area contributed by atoms with Gasteiger partial charge in [0.15, 0.2) is 0 Å². The number of carbonyl (C=O) groups excluding carboxylic acids is 1. The zero-order valence-corrected chi connectivity index (χ0v) is 12.9. The summed E-state index contributed by atoms with van der Waals surface area (Å²) >= 11 is 0. The van der Waals surface area contributed by atoms with Crippen LogP contribution in [0, 0.1) is 6.92 Å². The van der Waals surface area contributed by atoms with Crippen molar-refractivity contribution >= 4 is 5.91 Å². The van der Waals surface area contributed by atoms with Crippen LogP contribution in [0.5, 0.6) is 0 Å². The molecule has 1 atom stereocenters. The summed E-state index contributed by atoms with van der Waals surface area (Å²) in [5.41, 5.74) is 3.59. The van der Waals surface area contributed by atoms with E-state index in [4.69, 9.17) is 4.84 Å². The summed E-state index contributed by atoms with van der Waals surface area (Å²) in [6, 6.07) is 18.5. The molecule has 1 heterocycles. The first-order valence-corrected chi connectivity index (χ1v) is 7.79. The van der Waals surface area contributed by atoms with Gasteiger partial charge in [0.25, 0.3) is 0 Å². The standard InChI is InChI=1S/C19H21NO2/c1-15-8-5-6-11-17(15)18(16-9-3-2-4-10-16)14-19(21)20-12-7-13-22-20/h2-6,8-11,18H,7,12-14H2,1H3. The summed E-state index contributed by atoms with van der Waals surface area (Å²) in [7, 11) is 0. The molecule has 0 N–H and O–H groups in total.